The molecule has 0 unspecified atom stereocenters. The van der Waals surface area contributed by atoms with Crippen LogP contribution in [-0.2, 0) is 14.9 Å². The highest BCUT2D eigenvalue weighted by atomic mass is 16.5. The van der Waals surface area contributed by atoms with Crippen LogP contribution in [0.3, 0.4) is 0 Å². The van der Waals surface area contributed by atoms with Gasteiger partial charge in [0.1, 0.15) is 0 Å². The van der Waals surface area contributed by atoms with Gasteiger partial charge in [0.05, 0.1) is 6.61 Å². The van der Waals surface area contributed by atoms with Crippen molar-refractivity contribution in [3.63, 3.8) is 0 Å². The van der Waals surface area contributed by atoms with E-state index in [4.69, 9.17) is 4.74 Å². The fourth-order valence-corrected chi connectivity index (χ4v) is 4.20. The first kappa shape index (κ1) is 18.2. The number of ether oxygens (including phenoxy) is 1. The van der Waals surface area contributed by atoms with E-state index < -0.39 is 0 Å². The van der Waals surface area contributed by atoms with Crippen molar-refractivity contribution in [3.05, 3.63) is 41.5 Å². The van der Waals surface area contributed by atoms with E-state index in [1.165, 1.54) is 5.56 Å². The van der Waals surface area contributed by atoms with Crippen LogP contribution in [0.1, 0.15) is 37.8 Å². The van der Waals surface area contributed by atoms with Crippen LogP contribution < -0.4 is 5.32 Å². The Hall–Kier alpha value is -1.65. The highest BCUT2D eigenvalue weighted by Crippen LogP contribution is 2.47. The van der Waals surface area contributed by atoms with Crippen molar-refractivity contribution in [2.75, 3.05) is 39.9 Å². The maximum atomic E-state index is 12.7. The Morgan fingerprint density at radius 1 is 1.28 bits per heavy atom. The smallest absolute Gasteiger partial charge is 0.251 e. The van der Waals surface area contributed by atoms with Crippen LogP contribution in [0, 0.1) is 5.92 Å². The van der Waals surface area contributed by atoms with Crippen molar-refractivity contribution in [3.8, 4) is 0 Å². The molecule has 1 aliphatic carbocycles. The van der Waals surface area contributed by atoms with Gasteiger partial charge in [-0.05, 0) is 43.0 Å². The van der Waals surface area contributed by atoms with Gasteiger partial charge in [-0.1, -0.05) is 44.2 Å². The minimum absolute atomic E-state index is 0.0194. The van der Waals surface area contributed by atoms with Crippen LogP contribution >= 0.6 is 0 Å². The van der Waals surface area contributed by atoms with Gasteiger partial charge in [-0.3, -0.25) is 4.79 Å². The summed E-state index contributed by atoms with van der Waals surface area (Å²) < 4.78 is 5.04. The van der Waals surface area contributed by atoms with Gasteiger partial charge in [-0.2, -0.15) is 0 Å². The zero-order chi connectivity index (χ0) is 17.9. The Morgan fingerprint density at radius 3 is 2.68 bits per heavy atom. The number of hydrogen-bond acceptors (Lipinski definition) is 3. The molecular weight excluding hydrogens is 312 g/mol. The van der Waals surface area contributed by atoms with Gasteiger partial charge < -0.3 is 15.0 Å². The number of likely N-dealkylation sites (tertiary alicyclic amines) is 1. The molecular formula is C21H30N2O2. The lowest BCUT2D eigenvalue weighted by atomic mass is 9.74. The number of fused-ring (bicyclic) bond motifs is 2. The van der Waals surface area contributed by atoms with E-state index >= 15 is 0 Å². The molecule has 1 amide bonds. The molecule has 1 heterocycles. The Balaban J connectivity index is 1.80. The van der Waals surface area contributed by atoms with Crippen LogP contribution in [0.25, 0.3) is 5.57 Å². The fourth-order valence-electron chi connectivity index (χ4n) is 4.20. The number of piperidine rings is 1. The molecule has 1 aromatic carbocycles. The lowest BCUT2D eigenvalue weighted by molar-refractivity contribution is -0.115. The Labute approximate surface area is 151 Å². The van der Waals surface area contributed by atoms with Crippen LogP contribution in [0.5, 0.6) is 0 Å². The molecule has 1 aromatic rings. The number of benzene rings is 1. The van der Waals surface area contributed by atoms with E-state index in [1.807, 2.05) is 6.07 Å². The second-order valence-electron chi connectivity index (χ2n) is 7.70. The minimum Gasteiger partial charge on any atom is -0.383 e. The van der Waals surface area contributed by atoms with Gasteiger partial charge in [0.15, 0.2) is 0 Å². The maximum Gasteiger partial charge on any atom is 0.251 e. The molecule has 1 spiro atoms. The first-order chi connectivity index (χ1) is 12.1. The third-order valence-corrected chi connectivity index (χ3v) is 5.38. The first-order valence-corrected chi connectivity index (χ1v) is 9.38. The van der Waals surface area contributed by atoms with E-state index in [2.05, 4.69) is 48.3 Å². The standard InChI is InChI=1S/C21H30N2O2/c1-16(2)15-23-11-8-21(9-12-23)14-18(20(24)22-10-13-25-3)17-6-4-5-7-19(17)21/h4-7,14,16H,8-13,15H2,1-3H3,(H,22,24). The van der Waals surface area contributed by atoms with Gasteiger partial charge in [0.2, 0.25) is 0 Å². The SMILES string of the molecule is COCCNC(=O)C1=CC2(CCN(CC(C)C)CC2)c2ccccc21. The van der Waals surface area contributed by atoms with E-state index in [1.54, 1.807) is 7.11 Å². The van der Waals surface area contributed by atoms with Crippen molar-refractivity contribution in [1.29, 1.82) is 0 Å². The van der Waals surface area contributed by atoms with Crippen molar-refractivity contribution in [1.82, 2.24) is 10.2 Å². The van der Waals surface area contributed by atoms with Gasteiger partial charge in [-0.15, -0.1) is 0 Å². The number of nitrogens with one attached hydrogen (secondary N) is 1. The van der Waals surface area contributed by atoms with E-state index in [-0.39, 0.29) is 11.3 Å². The number of rotatable bonds is 6. The fraction of sp³-hybridized carbons (Fsp3) is 0.571. The summed E-state index contributed by atoms with van der Waals surface area (Å²) in [4.78, 5) is 15.2. The third-order valence-electron chi connectivity index (χ3n) is 5.38. The largest absolute Gasteiger partial charge is 0.383 e. The summed E-state index contributed by atoms with van der Waals surface area (Å²) in [6.45, 7) is 8.99. The number of amides is 1. The number of carbonyl (C=O) groups excluding carboxylic acids is 1. The summed E-state index contributed by atoms with van der Waals surface area (Å²) in [7, 11) is 1.65. The summed E-state index contributed by atoms with van der Waals surface area (Å²) in [5.41, 5.74) is 3.30. The number of methoxy groups -OCH3 is 1. The second kappa shape index (κ2) is 7.71. The van der Waals surface area contributed by atoms with Crippen molar-refractivity contribution in [2.24, 2.45) is 5.92 Å². The number of carbonyl (C=O) groups is 1. The summed E-state index contributed by atoms with van der Waals surface area (Å²) in [5, 5.41) is 2.98. The van der Waals surface area contributed by atoms with E-state index in [0.717, 1.165) is 43.6 Å². The molecule has 1 aliphatic heterocycles. The average molecular weight is 342 g/mol. The average Bonchev–Trinajstić information content (AvgIpc) is 2.92. The topological polar surface area (TPSA) is 41.6 Å². The molecule has 4 heteroatoms. The molecule has 0 bridgehead atoms. The van der Waals surface area contributed by atoms with Crippen LogP contribution in [0.2, 0.25) is 0 Å². The molecule has 4 nitrogen and oxygen atoms in total. The highest BCUT2D eigenvalue weighted by Gasteiger charge is 2.41. The lowest BCUT2D eigenvalue weighted by Crippen LogP contribution is -2.42. The molecule has 0 saturated carbocycles. The number of nitrogens with zero attached hydrogens (tertiary/aromatic N) is 1. The molecule has 1 N–H and O–H groups in total. The third kappa shape index (κ3) is 3.80. The zero-order valence-electron chi connectivity index (χ0n) is 15.7. The number of hydrogen-bond donors (Lipinski definition) is 1. The maximum absolute atomic E-state index is 12.7. The number of allylic oxidation sites excluding steroid dienone is 1. The van der Waals surface area contributed by atoms with Gasteiger partial charge in [-0.25, -0.2) is 0 Å². The Morgan fingerprint density at radius 2 is 2.00 bits per heavy atom. The van der Waals surface area contributed by atoms with Crippen molar-refractivity contribution in [2.45, 2.75) is 32.1 Å². The predicted molar refractivity (Wildman–Crippen MR) is 101 cm³/mol. The Bertz CT molecular complexity index is 643. The molecule has 0 radical (unpaired) electrons. The predicted octanol–water partition coefficient (Wildman–Crippen LogP) is 2.84. The van der Waals surface area contributed by atoms with Crippen molar-refractivity contribution >= 4 is 11.5 Å². The molecule has 1 saturated heterocycles. The normalized spacial score (nSPS) is 19.1. The van der Waals surface area contributed by atoms with Crippen LogP contribution in [0.15, 0.2) is 30.3 Å². The molecule has 25 heavy (non-hydrogen) atoms. The van der Waals surface area contributed by atoms with E-state index in [9.17, 15) is 4.79 Å². The summed E-state index contributed by atoms with van der Waals surface area (Å²) >= 11 is 0. The van der Waals surface area contributed by atoms with Gasteiger partial charge >= 0.3 is 0 Å². The van der Waals surface area contributed by atoms with Gasteiger partial charge in [0.25, 0.3) is 5.91 Å². The van der Waals surface area contributed by atoms with E-state index in [0.29, 0.717) is 19.1 Å². The highest BCUT2D eigenvalue weighted by molar-refractivity contribution is 6.21. The summed E-state index contributed by atoms with van der Waals surface area (Å²) in [5.74, 6) is 0.716. The van der Waals surface area contributed by atoms with Crippen molar-refractivity contribution < 1.29 is 9.53 Å². The summed E-state index contributed by atoms with van der Waals surface area (Å²) in [6.07, 6.45) is 4.42. The first-order valence-electron chi connectivity index (χ1n) is 9.38. The molecule has 0 atom stereocenters. The second-order valence-corrected chi connectivity index (χ2v) is 7.70. The zero-order valence-corrected chi connectivity index (χ0v) is 15.7. The van der Waals surface area contributed by atoms with Crippen LogP contribution in [-0.4, -0.2) is 50.7 Å². The molecule has 3 rings (SSSR count). The minimum atomic E-state index is 0.0194. The van der Waals surface area contributed by atoms with Gasteiger partial charge in [0, 0.05) is 31.2 Å². The van der Waals surface area contributed by atoms with Crippen LogP contribution in [0.4, 0.5) is 0 Å². The molecule has 2 aliphatic rings. The summed E-state index contributed by atoms with van der Waals surface area (Å²) in [6, 6.07) is 8.42. The Kier molecular flexibility index (Phi) is 5.60. The lowest BCUT2D eigenvalue weighted by Gasteiger charge is -2.39. The molecule has 1 fully saturated rings. The quantitative estimate of drug-likeness (QED) is 0.808. The molecule has 0 aromatic heterocycles. The molecule has 136 valence electrons. The monoisotopic (exact) mass is 342 g/mol.